The van der Waals surface area contributed by atoms with Crippen LogP contribution in [0, 0.1) is 0 Å². The van der Waals surface area contributed by atoms with Gasteiger partial charge in [0.15, 0.2) is 0 Å². The zero-order valence-electron chi connectivity index (χ0n) is 16.3. The number of hydrogen-bond acceptors (Lipinski definition) is 5. The maximum Gasteiger partial charge on any atom is 0.338 e. The second kappa shape index (κ2) is 9.19. The highest BCUT2D eigenvalue weighted by Crippen LogP contribution is 2.22. The minimum atomic E-state index is -3.82. The Bertz CT molecular complexity index is 1000. The highest BCUT2D eigenvalue weighted by Gasteiger charge is 2.20. The van der Waals surface area contributed by atoms with Crippen molar-refractivity contribution in [2.75, 3.05) is 18.1 Å². The first-order valence-electron chi connectivity index (χ1n) is 9.57. The number of rotatable bonds is 7. The number of esters is 1. The lowest BCUT2D eigenvalue weighted by atomic mass is 10.1. The minimum Gasteiger partial charge on any atom is -0.462 e. The fourth-order valence-corrected chi connectivity index (χ4v) is 4.24. The molecule has 1 aliphatic heterocycles. The van der Waals surface area contributed by atoms with Crippen LogP contribution in [-0.2, 0) is 26.1 Å². The third-order valence-corrected chi connectivity index (χ3v) is 6.07. The SMILES string of the molecule is CCOC(=O)c1cccc(S(=O)(=O)NCc2cccc(N3CCCCC3=O)c2)c1. The largest absolute Gasteiger partial charge is 0.462 e. The van der Waals surface area contributed by atoms with Crippen LogP contribution < -0.4 is 9.62 Å². The van der Waals surface area contributed by atoms with Crippen LogP contribution in [0.15, 0.2) is 53.4 Å². The average molecular weight is 416 g/mol. The van der Waals surface area contributed by atoms with Crippen molar-refractivity contribution in [2.45, 2.75) is 37.6 Å². The third-order valence-electron chi connectivity index (χ3n) is 4.67. The van der Waals surface area contributed by atoms with Crippen LogP contribution in [0.1, 0.15) is 42.1 Å². The second-order valence-corrected chi connectivity index (χ2v) is 8.51. The first-order valence-corrected chi connectivity index (χ1v) is 11.0. The predicted octanol–water partition coefficient (Wildman–Crippen LogP) is 2.86. The molecule has 1 N–H and O–H groups in total. The lowest BCUT2D eigenvalue weighted by molar-refractivity contribution is -0.119. The molecule has 1 aliphatic rings. The molecule has 1 fully saturated rings. The molecule has 1 saturated heterocycles. The summed E-state index contributed by atoms with van der Waals surface area (Å²) >= 11 is 0. The number of sulfonamides is 1. The molecule has 0 unspecified atom stereocenters. The Labute approximate surface area is 170 Å². The van der Waals surface area contributed by atoms with Crippen LogP contribution >= 0.6 is 0 Å². The van der Waals surface area contributed by atoms with Crippen LogP contribution in [0.3, 0.4) is 0 Å². The van der Waals surface area contributed by atoms with Crippen molar-refractivity contribution >= 4 is 27.6 Å². The highest BCUT2D eigenvalue weighted by molar-refractivity contribution is 7.89. The molecular weight excluding hydrogens is 392 g/mol. The Morgan fingerprint density at radius 1 is 1.14 bits per heavy atom. The number of benzene rings is 2. The predicted molar refractivity (Wildman–Crippen MR) is 109 cm³/mol. The first-order chi connectivity index (χ1) is 13.9. The number of anilines is 1. The summed E-state index contributed by atoms with van der Waals surface area (Å²) in [6, 6.07) is 13.0. The van der Waals surface area contributed by atoms with Crippen LogP contribution in [0.5, 0.6) is 0 Å². The van der Waals surface area contributed by atoms with Crippen molar-refractivity contribution in [1.82, 2.24) is 4.72 Å². The number of nitrogens with one attached hydrogen (secondary N) is 1. The van der Waals surface area contributed by atoms with E-state index in [9.17, 15) is 18.0 Å². The highest BCUT2D eigenvalue weighted by atomic mass is 32.2. The van der Waals surface area contributed by atoms with E-state index in [1.165, 1.54) is 24.3 Å². The molecule has 1 heterocycles. The van der Waals surface area contributed by atoms with E-state index in [4.69, 9.17) is 4.74 Å². The Hall–Kier alpha value is -2.71. The first kappa shape index (κ1) is 21.0. The molecule has 8 heteroatoms. The molecule has 29 heavy (non-hydrogen) atoms. The maximum absolute atomic E-state index is 12.6. The second-order valence-electron chi connectivity index (χ2n) is 6.75. The molecule has 154 valence electrons. The van der Waals surface area contributed by atoms with Gasteiger partial charge in [-0.2, -0.15) is 0 Å². The molecule has 3 rings (SSSR count). The van der Waals surface area contributed by atoms with Gasteiger partial charge in [-0.3, -0.25) is 4.79 Å². The van der Waals surface area contributed by atoms with Crippen molar-refractivity contribution < 1.29 is 22.7 Å². The lowest BCUT2D eigenvalue weighted by Gasteiger charge is -2.27. The number of piperidine rings is 1. The number of carbonyl (C=O) groups is 2. The van der Waals surface area contributed by atoms with E-state index in [0.29, 0.717) is 13.0 Å². The van der Waals surface area contributed by atoms with Crippen molar-refractivity contribution in [1.29, 1.82) is 0 Å². The molecular formula is C21H24N2O5S. The molecule has 0 radical (unpaired) electrons. The Morgan fingerprint density at radius 2 is 1.93 bits per heavy atom. The molecule has 0 spiro atoms. The van der Waals surface area contributed by atoms with E-state index in [0.717, 1.165) is 24.1 Å². The smallest absolute Gasteiger partial charge is 0.338 e. The molecule has 7 nitrogen and oxygen atoms in total. The Morgan fingerprint density at radius 3 is 2.69 bits per heavy atom. The van der Waals surface area contributed by atoms with Gasteiger partial charge in [0, 0.05) is 25.2 Å². The summed E-state index contributed by atoms with van der Waals surface area (Å²) < 4.78 is 32.8. The van der Waals surface area contributed by atoms with Gasteiger partial charge in [0.05, 0.1) is 17.1 Å². The number of carbonyl (C=O) groups excluding carboxylic acids is 2. The molecule has 0 aliphatic carbocycles. The molecule has 2 aromatic carbocycles. The van der Waals surface area contributed by atoms with Gasteiger partial charge in [-0.1, -0.05) is 18.2 Å². The summed E-state index contributed by atoms with van der Waals surface area (Å²) in [4.78, 5) is 25.7. The van der Waals surface area contributed by atoms with Gasteiger partial charge in [-0.25, -0.2) is 17.9 Å². The topological polar surface area (TPSA) is 92.8 Å². The van der Waals surface area contributed by atoms with Crippen molar-refractivity contribution in [3.05, 3.63) is 59.7 Å². The van der Waals surface area contributed by atoms with Gasteiger partial charge < -0.3 is 9.64 Å². The Balaban J connectivity index is 1.72. The molecule has 0 aromatic heterocycles. The van der Waals surface area contributed by atoms with Crippen molar-refractivity contribution in [3.8, 4) is 0 Å². The van der Waals surface area contributed by atoms with Crippen LogP contribution in [0.25, 0.3) is 0 Å². The van der Waals surface area contributed by atoms with Gasteiger partial charge in [0.25, 0.3) is 0 Å². The Kier molecular flexibility index (Phi) is 6.66. The summed E-state index contributed by atoms with van der Waals surface area (Å²) in [7, 11) is -3.82. The summed E-state index contributed by atoms with van der Waals surface area (Å²) in [5, 5.41) is 0. The number of nitrogens with zero attached hydrogens (tertiary/aromatic N) is 1. The summed E-state index contributed by atoms with van der Waals surface area (Å²) in [6.45, 7) is 2.64. The molecule has 0 bridgehead atoms. The molecule has 0 atom stereocenters. The van der Waals surface area contributed by atoms with Gasteiger partial charge >= 0.3 is 5.97 Å². The van der Waals surface area contributed by atoms with Gasteiger partial charge in [-0.05, 0) is 55.7 Å². The molecule has 2 aromatic rings. The fraction of sp³-hybridized carbons (Fsp3) is 0.333. The minimum absolute atomic E-state index is 0.00887. The van der Waals surface area contributed by atoms with Gasteiger partial charge in [-0.15, -0.1) is 0 Å². The van der Waals surface area contributed by atoms with Crippen molar-refractivity contribution in [3.63, 3.8) is 0 Å². The third kappa shape index (κ3) is 5.21. The van der Waals surface area contributed by atoms with E-state index >= 15 is 0 Å². The monoisotopic (exact) mass is 416 g/mol. The van der Waals surface area contributed by atoms with Crippen LogP contribution in [0.4, 0.5) is 5.69 Å². The summed E-state index contributed by atoms with van der Waals surface area (Å²) in [6.07, 6.45) is 2.40. The van der Waals surface area contributed by atoms with Gasteiger partial charge in [0.2, 0.25) is 15.9 Å². The zero-order chi connectivity index (χ0) is 20.9. The normalized spacial score (nSPS) is 14.7. The fourth-order valence-electron chi connectivity index (χ4n) is 3.18. The van der Waals surface area contributed by atoms with Gasteiger partial charge in [0.1, 0.15) is 0 Å². The standard InChI is InChI=1S/C21H24N2O5S/c1-2-28-21(25)17-8-6-10-19(14-17)29(26,27)22-15-16-7-5-9-18(13-16)23-12-4-3-11-20(23)24/h5-10,13-14,22H,2-4,11-12,15H2,1H3. The number of hydrogen-bond donors (Lipinski definition) is 1. The lowest BCUT2D eigenvalue weighted by Crippen LogP contribution is -2.35. The summed E-state index contributed by atoms with van der Waals surface area (Å²) in [5.74, 6) is -0.479. The van der Waals surface area contributed by atoms with E-state index < -0.39 is 16.0 Å². The molecule has 1 amide bonds. The van der Waals surface area contributed by atoms with E-state index in [-0.39, 0.29) is 29.5 Å². The van der Waals surface area contributed by atoms with E-state index in [1.54, 1.807) is 17.9 Å². The van der Waals surface area contributed by atoms with Crippen molar-refractivity contribution in [2.24, 2.45) is 0 Å². The number of ether oxygens (including phenoxy) is 1. The zero-order valence-corrected chi connectivity index (χ0v) is 17.1. The van der Waals surface area contributed by atoms with Crippen LogP contribution in [0.2, 0.25) is 0 Å². The maximum atomic E-state index is 12.6. The molecule has 0 saturated carbocycles. The summed E-state index contributed by atoms with van der Waals surface area (Å²) in [5.41, 5.74) is 1.70. The average Bonchev–Trinajstić information content (AvgIpc) is 2.73. The van der Waals surface area contributed by atoms with E-state index in [2.05, 4.69) is 4.72 Å². The number of amides is 1. The quantitative estimate of drug-likeness (QED) is 0.701. The van der Waals surface area contributed by atoms with Crippen LogP contribution in [-0.4, -0.2) is 33.4 Å². The van der Waals surface area contributed by atoms with E-state index in [1.807, 2.05) is 18.2 Å².